The lowest BCUT2D eigenvalue weighted by Crippen LogP contribution is -1.99. The molecule has 8 heteroatoms. The Morgan fingerprint density at radius 2 is 0.918 bits per heavy atom. The molecule has 0 radical (unpaired) electrons. The van der Waals surface area contributed by atoms with Crippen molar-refractivity contribution >= 4 is 47.8 Å². The molecule has 4 aromatic rings. The van der Waals surface area contributed by atoms with Gasteiger partial charge >= 0.3 is 0 Å². The molecule has 0 saturated heterocycles. The fraction of sp³-hybridized carbons (Fsp3) is 0.396. The van der Waals surface area contributed by atoms with Crippen molar-refractivity contribution in [2.45, 2.75) is 128 Å². The van der Waals surface area contributed by atoms with Crippen molar-refractivity contribution < 1.29 is 38.4 Å². The predicted octanol–water partition coefficient (Wildman–Crippen LogP) is 12.9. The number of rotatable bonds is 14. The first kappa shape index (κ1) is 61.9. The molecule has 1 atom stereocenters. The maximum absolute atomic E-state index is 11.8. The molecule has 0 saturated carbocycles. The van der Waals surface area contributed by atoms with E-state index in [0.717, 1.165) is 66.8 Å². The van der Waals surface area contributed by atoms with E-state index in [9.17, 15) is 38.4 Å². The van der Waals surface area contributed by atoms with E-state index in [2.05, 4.69) is 13.8 Å². The smallest absolute Gasteiger partial charge is 0.193 e. The monoisotopic (exact) mass is 839 g/mol. The maximum Gasteiger partial charge on any atom is 0.193 e. The molecule has 0 fully saturated rings. The zero-order valence-corrected chi connectivity index (χ0v) is 38.9. The third-order valence-electron chi connectivity index (χ3n) is 7.43. The highest BCUT2D eigenvalue weighted by molar-refractivity contribution is 6.08. The first-order chi connectivity index (χ1) is 29.0. The van der Waals surface area contributed by atoms with Crippen molar-refractivity contribution in [3.05, 3.63) is 144 Å². The van der Waals surface area contributed by atoms with Crippen molar-refractivity contribution in [3.63, 3.8) is 0 Å². The summed E-state index contributed by atoms with van der Waals surface area (Å²) < 4.78 is 0. The summed E-state index contributed by atoms with van der Waals surface area (Å²) in [6, 6.07) is 36.9. The lowest BCUT2D eigenvalue weighted by atomic mass is 10.0. The molecule has 0 spiro atoms. The summed E-state index contributed by atoms with van der Waals surface area (Å²) in [6.45, 7) is 20.0. The summed E-state index contributed by atoms with van der Waals surface area (Å²) in [5.74, 6) is 1.75. The molecule has 4 aromatic carbocycles. The van der Waals surface area contributed by atoms with Gasteiger partial charge in [-0.1, -0.05) is 176 Å². The highest BCUT2D eigenvalue weighted by Crippen LogP contribution is 2.09. The molecule has 0 aliphatic carbocycles. The van der Waals surface area contributed by atoms with Crippen LogP contribution in [0.4, 0.5) is 0 Å². The van der Waals surface area contributed by atoms with Crippen LogP contribution in [0.5, 0.6) is 0 Å². The summed E-state index contributed by atoms with van der Waals surface area (Å²) in [5.41, 5.74) is 2.97. The topological polar surface area (TPSA) is 137 Å². The SMILES string of the molecule is CC(=O)CC(C)C.CC(=O)c1ccccc1.CC(C)=O.CCC(C)=O.CCCC=O.CCCCC(C=O)CC.O=C(c1ccccc1)c1ccccc1.O=Cc1ccccc1. The Labute approximate surface area is 368 Å². The lowest BCUT2D eigenvalue weighted by molar-refractivity contribution is -0.118. The Morgan fingerprint density at radius 1 is 0.541 bits per heavy atom. The maximum atomic E-state index is 11.8. The van der Waals surface area contributed by atoms with Crippen LogP contribution in [0.15, 0.2) is 121 Å². The van der Waals surface area contributed by atoms with Gasteiger partial charge in [0.2, 0.25) is 0 Å². The minimum atomic E-state index is 0.0752. The summed E-state index contributed by atoms with van der Waals surface area (Å²) >= 11 is 0. The number of carbonyl (C=O) groups excluding carboxylic acids is 8. The van der Waals surface area contributed by atoms with Crippen molar-refractivity contribution in [1.29, 1.82) is 0 Å². The Bertz CT molecular complexity index is 1640. The van der Waals surface area contributed by atoms with E-state index >= 15 is 0 Å². The van der Waals surface area contributed by atoms with E-state index < -0.39 is 0 Å². The van der Waals surface area contributed by atoms with Crippen molar-refractivity contribution in [2.24, 2.45) is 11.8 Å². The van der Waals surface area contributed by atoms with Crippen LogP contribution in [-0.2, 0) is 24.0 Å². The summed E-state index contributed by atoms with van der Waals surface area (Å²) in [5, 5.41) is 0. The first-order valence-electron chi connectivity index (χ1n) is 21.1. The van der Waals surface area contributed by atoms with Gasteiger partial charge in [-0.25, -0.2) is 0 Å². The minimum absolute atomic E-state index is 0.0752. The average Bonchev–Trinajstić information content (AvgIpc) is 3.26. The molecule has 0 bridgehead atoms. The quantitative estimate of drug-likeness (QED) is 0.0904. The van der Waals surface area contributed by atoms with E-state index in [1.807, 2.05) is 137 Å². The van der Waals surface area contributed by atoms with Gasteiger partial charge in [-0.05, 0) is 59.8 Å². The van der Waals surface area contributed by atoms with Gasteiger partial charge in [0.05, 0.1) is 0 Å². The average molecular weight is 839 g/mol. The molecule has 334 valence electrons. The highest BCUT2D eigenvalue weighted by Gasteiger charge is 2.06. The third-order valence-corrected chi connectivity index (χ3v) is 7.43. The minimum Gasteiger partial charge on any atom is -0.303 e. The number of carbonyl (C=O) groups is 8. The predicted molar refractivity (Wildman–Crippen MR) is 252 cm³/mol. The number of Topliss-reactive ketones (excluding diaryl/α,β-unsaturated/α-hetero) is 4. The van der Waals surface area contributed by atoms with E-state index in [1.54, 1.807) is 32.9 Å². The van der Waals surface area contributed by atoms with Gasteiger partial charge in [0.15, 0.2) is 11.6 Å². The molecule has 0 aliphatic heterocycles. The van der Waals surface area contributed by atoms with Gasteiger partial charge in [-0.3, -0.25) is 14.4 Å². The number of benzene rings is 4. The molecule has 61 heavy (non-hydrogen) atoms. The van der Waals surface area contributed by atoms with Crippen LogP contribution in [0.3, 0.4) is 0 Å². The van der Waals surface area contributed by atoms with E-state index in [-0.39, 0.29) is 28.9 Å². The Kier molecular flexibility index (Phi) is 46.0. The number of ketones is 5. The Morgan fingerprint density at radius 3 is 1.10 bits per heavy atom. The van der Waals surface area contributed by atoms with E-state index in [0.29, 0.717) is 24.7 Å². The van der Waals surface area contributed by atoms with Crippen LogP contribution in [-0.4, -0.2) is 47.8 Å². The molecule has 4 rings (SSSR count). The van der Waals surface area contributed by atoms with Gasteiger partial charge in [0.25, 0.3) is 0 Å². The summed E-state index contributed by atoms with van der Waals surface area (Å²) in [7, 11) is 0. The fourth-order valence-corrected chi connectivity index (χ4v) is 4.08. The van der Waals surface area contributed by atoms with Crippen LogP contribution < -0.4 is 0 Å². The molecule has 1 unspecified atom stereocenters. The number of aldehydes is 3. The molecule has 0 N–H and O–H groups in total. The standard InChI is InChI=1S/C13H10O.C8H8O.C8H16O.C7H6O.C6H12O.2C4H8O.C3H6O/c14-13(11-7-3-1-4-8-11)12-9-5-2-6-10-12;1-7(9)8-5-3-2-4-6-8;1-3-5-6-8(4-2)7-9;8-6-7-4-2-1-3-5-7;1-5(2)4-6(3)7;1-3-4(2)5;1-2-3-4-5;1-3(2)4/h1-10H;2-6H,1H3;7-8H,3-6H2,1-2H3;1-6H;5H,4H2,1-3H3;3H2,1-2H3;4H,2-3H2,1H3;1-2H3. The lowest BCUT2D eigenvalue weighted by Gasteiger charge is -2.03. The summed E-state index contributed by atoms with van der Waals surface area (Å²) in [4.78, 5) is 81.7. The normalized spacial score (nSPS) is 9.38. The zero-order chi connectivity index (χ0) is 47.3. The molecule has 0 amide bonds. The van der Waals surface area contributed by atoms with Crippen LogP contribution in [0.25, 0.3) is 0 Å². The van der Waals surface area contributed by atoms with Gasteiger partial charge in [-0.2, -0.15) is 0 Å². The van der Waals surface area contributed by atoms with Gasteiger partial charge in [-0.15, -0.1) is 0 Å². The fourth-order valence-electron chi connectivity index (χ4n) is 4.08. The largest absolute Gasteiger partial charge is 0.303 e. The number of hydrogen-bond donors (Lipinski definition) is 0. The van der Waals surface area contributed by atoms with Gasteiger partial charge < -0.3 is 24.0 Å². The van der Waals surface area contributed by atoms with Crippen molar-refractivity contribution in [2.75, 3.05) is 0 Å². The van der Waals surface area contributed by atoms with Gasteiger partial charge in [0, 0.05) is 47.4 Å². The Balaban J connectivity index is -0.000000315. The number of unbranched alkanes of at least 4 members (excludes halogenated alkanes) is 2. The zero-order valence-electron chi connectivity index (χ0n) is 38.9. The molecule has 0 heterocycles. The van der Waals surface area contributed by atoms with Crippen LogP contribution in [0.2, 0.25) is 0 Å². The Hall–Kier alpha value is -5.76. The second-order valence-corrected chi connectivity index (χ2v) is 14.2. The third kappa shape index (κ3) is 46.8. The molecular formula is C53H74O8. The first-order valence-corrected chi connectivity index (χ1v) is 21.1. The van der Waals surface area contributed by atoms with E-state index in [4.69, 9.17) is 0 Å². The second-order valence-electron chi connectivity index (χ2n) is 14.2. The molecule has 8 nitrogen and oxygen atoms in total. The van der Waals surface area contributed by atoms with Crippen molar-refractivity contribution in [3.8, 4) is 0 Å². The van der Waals surface area contributed by atoms with Crippen LogP contribution >= 0.6 is 0 Å². The molecular weight excluding hydrogens is 765 g/mol. The van der Waals surface area contributed by atoms with Gasteiger partial charge in [0.1, 0.15) is 36.2 Å². The van der Waals surface area contributed by atoms with Crippen molar-refractivity contribution in [1.82, 2.24) is 0 Å². The van der Waals surface area contributed by atoms with E-state index in [1.165, 1.54) is 26.7 Å². The molecule has 0 aromatic heterocycles. The second kappa shape index (κ2) is 45.3. The van der Waals surface area contributed by atoms with Crippen LogP contribution in [0, 0.1) is 11.8 Å². The summed E-state index contributed by atoms with van der Waals surface area (Å²) in [6.07, 6.45) is 10.4. The highest BCUT2D eigenvalue weighted by atomic mass is 16.1. The molecule has 0 aliphatic rings. The number of hydrogen-bond acceptors (Lipinski definition) is 8. The van der Waals surface area contributed by atoms with Crippen LogP contribution in [0.1, 0.15) is 164 Å².